The Hall–Kier alpha value is -1.36. The fourth-order valence-electron chi connectivity index (χ4n) is 2.83. The number of anilines is 2. The highest BCUT2D eigenvalue weighted by molar-refractivity contribution is 5.46. The first-order valence-electron chi connectivity index (χ1n) is 7.68. The number of aromatic nitrogens is 2. The lowest BCUT2D eigenvalue weighted by Gasteiger charge is -2.31. The fourth-order valence-corrected chi connectivity index (χ4v) is 2.83. The lowest BCUT2D eigenvalue weighted by molar-refractivity contribution is 0.327. The van der Waals surface area contributed by atoms with E-state index >= 15 is 0 Å². The largest absolute Gasteiger partial charge is 0.354 e. The maximum Gasteiger partial charge on any atom is 0.224 e. The Labute approximate surface area is 122 Å². The van der Waals surface area contributed by atoms with E-state index in [0.29, 0.717) is 6.04 Å². The Morgan fingerprint density at radius 3 is 2.80 bits per heavy atom. The molecule has 0 saturated carbocycles. The smallest absolute Gasteiger partial charge is 0.224 e. The molecule has 0 radical (unpaired) electrons. The summed E-state index contributed by atoms with van der Waals surface area (Å²) in [6.07, 6.45) is 2.33. The van der Waals surface area contributed by atoms with Crippen LogP contribution in [0.1, 0.15) is 32.4 Å². The van der Waals surface area contributed by atoms with Gasteiger partial charge in [-0.1, -0.05) is 6.92 Å². The standard InChI is InChI=1S/C15H27N5/c1-5-13-11-19(4)8-7-9-20(13)14-10-12(3)17-15(18-14)16-6-2/h10,13H,5-9,11H2,1-4H3,(H,16,17,18). The van der Waals surface area contributed by atoms with Gasteiger partial charge in [0.25, 0.3) is 0 Å². The quantitative estimate of drug-likeness (QED) is 0.913. The third-order valence-corrected chi connectivity index (χ3v) is 3.84. The van der Waals surface area contributed by atoms with Crippen molar-refractivity contribution in [3.63, 3.8) is 0 Å². The molecule has 2 rings (SSSR count). The fraction of sp³-hybridized carbons (Fsp3) is 0.733. The van der Waals surface area contributed by atoms with Crippen LogP contribution in [0.2, 0.25) is 0 Å². The lowest BCUT2D eigenvalue weighted by Crippen LogP contribution is -2.40. The van der Waals surface area contributed by atoms with Crippen molar-refractivity contribution in [3.8, 4) is 0 Å². The van der Waals surface area contributed by atoms with Crippen LogP contribution in [-0.2, 0) is 0 Å². The number of rotatable bonds is 4. The highest BCUT2D eigenvalue weighted by atomic mass is 15.3. The summed E-state index contributed by atoms with van der Waals surface area (Å²) in [5.41, 5.74) is 1.03. The van der Waals surface area contributed by atoms with Crippen molar-refractivity contribution in [3.05, 3.63) is 11.8 Å². The van der Waals surface area contributed by atoms with Crippen LogP contribution in [0.4, 0.5) is 11.8 Å². The molecule has 1 atom stereocenters. The van der Waals surface area contributed by atoms with Crippen molar-refractivity contribution in [2.24, 2.45) is 0 Å². The molecule has 2 heterocycles. The molecule has 0 spiro atoms. The number of nitrogens with zero attached hydrogens (tertiary/aromatic N) is 4. The van der Waals surface area contributed by atoms with E-state index in [1.165, 1.54) is 6.42 Å². The minimum atomic E-state index is 0.534. The van der Waals surface area contributed by atoms with Gasteiger partial charge >= 0.3 is 0 Å². The maximum atomic E-state index is 4.70. The van der Waals surface area contributed by atoms with Gasteiger partial charge in [0.05, 0.1) is 0 Å². The Bertz CT molecular complexity index is 434. The summed E-state index contributed by atoms with van der Waals surface area (Å²) < 4.78 is 0. The zero-order valence-corrected chi connectivity index (χ0v) is 13.2. The first-order chi connectivity index (χ1) is 9.63. The van der Waals surface area contributed by atoms with Gasteiger partial charge in [0.15, 0.2) is 0 Å². The molecule has 1 saturated heterocycles. The monoisotopic (exact) mass is 277 g/mol. The zero-order valence-electron chi connectivity index (χ0n) is 13.2. The third-order valence-electron chi connectivity index (χ3n) is 3.84. The van der Waals surface area contributed by atoms with Crippen molar-refractivity contribution in [2.75, 3.05) is 43.4 Å². The van der Waals surface area contributed by atoms with Crippen LogP contribution >= 0.6 is 0 Å². The van der Waals surface area contributed by atoms with Crippen molar-refractivity contribution >= 4 is 11.8 Å². The molecule has 5 nitrogen and oxygen atoms in total. The van der Waals surface area contributed by atoms with E-state index in [-0.39, 0.29) is 0 Å². The molecule has 1 aromatic rings. The molecular weight excluding hydrogens is 250 g/mol. The van der Waals surface area contributed by atoms with Crippen LogP contribution in [0.25, 0.3) is 0 Å². The van der Waals surface area contributed by atoms with Crippen LogP contribution < -0.4 is 10.2 Å². The van der Waals surface area contributed by atoms with Crippen molar-refractivity contribution in [1.29, 1.82) is 0 Å². The Morgan fingerprint density at radius 1 is 1.30 bits per heavy atom. The minimum Gasteiger partial charge on any atom is -0.354 e. The van der Waals surface area contributed by atoms with Gasteiger partial charge in [-0.3, -0.25) is 0 Å². The molecule has 1 aliphatic heterocycles. The second-order valence-electron chi connectivity index (χ2n) is 5.59. The van der Waals surface area contributed by atoms with Crippen molar-refractivity contribution < 1.29 is 0 Å². The first kappa shape index (κ1) is 15.0. The van der Waals surface area contributed by atoms with Gasteiger partial charge in [-0.2, -0.15) is 4.98 Å². The molecule has 0 aromatic carbocycles. The van der Waals surface area contributed by atoms with E-state index in [2.05, 4.69) is 47.1 Å². The molecule has 0 amide bonds. The molecule has 1 aliphatic rings. The first-order valence-corrected chi connectivity index (χ1v) is 7.68. The van der Waals surface area contributed by atoms with E-state index in [9.17, 15) is 0 Å². The Balaban J connectivity index is 2.27. The van der Waals surface area contributed by atoms with E-state index in [4.69, 9.17) is 4.98 Å². The SMILES string of the molecule is CCNc1nc(C)cc(N2CCCN(C)CC2CC)n1. The molecule has 1 unspecified atom stereocenters. The summed E-state index contributed by atoms with van der Waals surface area (Å²) in [6.45, 7) is 10.6. The maximum absolute atomic E-state index is 4.70. The van der Waals surface area contributed by atoms with E-state index in [0.717, 1.165) is 50.1 Å². The van der Waals surface area contributed by atoms with Gasteiger partial charge < -0.3 is 15.1 Å². The van der Waals surface area contributed by atoms with Crippen LogP contribution in [0, 0.1) is 6.92 Å². The normalized spacial score (nSPS) is 20.8. The summed E-state index contributed by atoms with van der Waals surface area (Å²) in [5, 5.41) is 3.23. The van der Waals surface area contributed by atoms with Gasteiger partial charge in [0.1, 0.15) is 5.82 Å². The van der Waals surface area contributed by atoms with Crippen molar-refractivity contribution in [1.82, 2.24) is 14.9 Å². The van der Waals surface area contributed by atoms with Gasteiger partial charge in [-0.05, 0) is 40.3 Å². The minimum absolute atomic E-state index is 0.534. The van der Waals surface area contributed by atoms with Crippen molar-refractivity contribution in [2.45, 2.75) is 39.7 Å². The molecule has 0 aliphatic carbocycles. The average Bonchev–Trinajstić information content (AvgIpc) is 2.59. The second kappa shape index (κ2) is 6.88. The van der Waals surface area contributed by atoms with Crippen LogP contribution in [-0.4, -0.2) is 54.1 Å². The number of hydrogen-bond acceptors (Lipinski definition) is 5. The van der Waals surface area contributed by atoms with E-state index in [1.54, 1.807) is 0 Å². The number of nitrogens with one attached hydrogen (secondary N) is 1. The average molecular weight is 277 g/mol. The van der Waals surface area contributed by atoms with E-state index < -0.39 is 0 Å². The van der Waals surface area contributed by atoms with Gasteiger partial charge in [0.2, 0.25) is 5.95 Å². The molecule has 1 N–H and O–H groups in total. The van der Waals surface area contributed by atoms with Gasteiger partial charge in [-0.25, -0.2) is 4.98 Å². The third kappa shape index (κ3) is 3.60. The lowest BCUT2D eigenvalue weighted by atomic mass is 10.2. The molecule has 1 fully saturated rings. The molecule has 0 bridgehead atoms. The summed E-state index contributed by atoms with van der Waals surface area (Å²) in [4.78, 5) is 14.0. The summed E-state index contributed by atoms with van der Waals surface area (Å²) >= 11 is 0. The second-order valence-corrected chi connectivity index (χ2v) is 5.59. The highest BCUT2D eigenvalue weighted by Crippen LogP contribution is 2.21. The topological polar surface area (TPSA) is 44.3 Å². The van der Waals surface area contributed by atoms with Crippen LogP contribution in [0.5, 0.6) is 0 Å². The van der Waals surface area contributed by atoms with Gasteiger partial charge in [0, 0.05) is 37.4 Å². The zero-order chi connectivity index (χ0) is 14.5. The number of hydrogen-bond donors (Lipinski definition) is 1. The Morgan fingerprint density at radius 2 is 2.10 bits per heavy atom. The summed E-state index contributed by atoms with van der Waals surface area (Å²) in [6, 6.07) is 2.64. The van der Waals surface area contributed by atoms with Crippen LogP contribution in [0.15, 0.2) is 6.07 Å². The van der Waals surface area contributed by atoms with Crippen LogP contribution in [0.3, 0.4) is 0 Å². The summed E-state index contributed by atoms with van der Waals surface area (Å²) in [5.74, 6) is 1.81. The molecule has 112 valence electrons. The molecule has 5 heteroatoms. The molecular formula is C15H27N5. The van der Waals surface area contributed by atoms with Gasteiger partial charge in [-0.15, -0.1) is 0 Å². The molecule has 20 heavy (non-hydrogen) atoms. The predicted octanol–water partition coefficient (Wildman–Crippen LogP) is 2.14. The van der Waals surface area contributed by atoms with E-state index in [1.807, 2.05) is 6.92 Å². The Kier molecular flexibility index (Phi) is 5.17. The number of aryl methyl sites for hydroxylation is 1. The predicted molar refractivity (Wildman–Crippen MR) is 84.5 cm³/mol. The number of likely N-dealkylation sites (N-methyl/N-ethyl adjacent to an activating group) is 1. The summed E-state index contributed by atoms with van der Waals surface area (Å²) in [7, 11) is 2.21. The highest BCUT2D eigenvalue weighted by Gasteiger charge is 2.23. The molecule has 1 aromatic heterocycles.